The molecule has 0 N–H and O–H groups in total. The highest BCUT2D eigenvalue weighted by molar-refractivity contribution is 7.10. The third-order valence-electron chi connectivity index (χ3n) is 5.05. The van der Waals surface area contributed by atoms with Gasteiger partial charge < -0.3 is 4.90 Å². The summed E-state index contributed by atoms with van der Waals surface area (Å²) in [4.78, 5) is 18.6. The van der Waals surface area contributed by atoms with E-state index in [2.05, 4.69) is 28.5 Å². The van der Waals surface area contributed by atoms with Gasteiger partial charge in [0.2, 0.25) is 5.91 Å². The minimum atomic E-state index is -0.0183. The number of hydrogen-bond donors (Lipinski definition) is 0. The molecule has 0 spiro atoms. The lowest BCUT2D eigenvalue weighted by Crippen LogP contribution is -2.41. The summed E-state index contributed by atoms with van der Waals surface area (Å²) in [5.41, 5.74) is 1.52. The minimum absolute atomic E-state index is 0.0183. The first-order valence-corrected chi connectivity index (χ1v) is 9.26. The zero-order chi connectivity index (χ0) is 16.5. The number of carbonyl (C=O) groups is 1. The largest absolute Gasteiger partial charge is 0.311 e. The van der Waals surface area contributed by atoms with Gasteiger partial charge in [-0.3, -0.25) is 9.69 Å². The Hall–Kier alpha value is -2.16. The van der Waals surface area contributed by atoms with Gasteiger partial charge in [-0.2, -0.15) is 5.26 Å². The lowest BCUT2D eigenvalue weighted by atomic mass is 10.1. The van der Waals surface area contributed by atoms with Crippen molar-refractivity contribution in [2.24, 2.45) is 0 Å². The van der Waals surface area contributed by atoms with Crippen molar-refractivity contribution < 1.29 is 4.79 Å². The Bertz CT molecular complexity index is 763. The molecule has 1 amide bonds. The van der Waals surface area contributed by atoms with E-state index in [9.17, 15) is 4.79 Å². The molecular formula is C19H19N3OS. The van der Waals surface area contributed by atoms with Crippen LogP contribution in [0.25, 0.3) is 0 Å². The third kappa shape index (κ3) is 2.62. The fraction of sp³-hybridized carbons (Fsp3) is 0.368. The van der Waals surface area contributed by atoms with E-state index in [1.165, 1.54) is 4.88 Å². The zero-order valence-corrected chi connectivity index (χ0v) is 14.2. The number of carbonyl (C=O) groups excluding carboxylic acids is 1. The summed E-state index contributed by atoms with van der Waals surface area (Å²) >= 11 is 1.79. The highest BCUT2D eigenvalue weighted by Crippen LogP contribution is 2.38. The second kappa shape index (κ2) is 6.39. The molecule has 3 heterocycles. The molecule has 24 heavy (non-hydrogen) atoms. The number of nitrogens with zero attached hydrogens (tertiary/aromatic N) is 3. The van der Waals surface area contributed by atoms with Crippen molar-refractivity contribution in [2.45, 2.75) is 31.3 Å². The molecule has 0 aliphatic carbocycles. The second-order valence-electron chi connectivity index (χ2n) is 6.36. The monoisotopic (exact) mass is 337 g/mol. The number of likely N-dealkylation sites (tertiary alicyclic amines) is 1. The Morgan fingerprint density at radius 1 is 1.08 bits per heavy atom. The van der Waals surface area contributed by atoms with Gasteiger partial charge in [0, 0.05) is 23.2 Å². The number of benzene rings is 1. The van der Waals surface area contributed by atoms with Crippen LogP contribution in [0.2, 0.25) is 0 Å². The lowest BCUT2D eigenvalue weighted by Gasteiger charge is -2.29. The van der Waals surface area contributed by atoms with Gasteiger partial charge >= 0.3 is 0 Å². The molecule has 2 aliphatic rings. The number of nitriles is 1. The van der Waals surface area contributed by atoms with Crippen LogP contribution < -0.4 is 4.90 Å². The molecule has 2 saturated heterocycles. The SMILES string of the molecule is N#Cc1ccc(N2CCC(N3CCCC3c3cccs3)C2=O)cc1. The number of thiophene rings is 1. The van der Waals surface area contributed by atoms with Crippen LogP contribution in [0.1, 0.15) is 35.7 Å². The maximum Gasteiger partial charge on any atom is 0.244 e. The summed E-state index contributed by atoms with van der Waals surface area (Å²) in [7, 11) is 0. The highest BCUT2D eigenvalue weighted by atomic mass is 32.1. The second-order valence-corrected chi connectivity index (χ2v) is 7.34. The summed E-state index contributed by atoms with van der Waals surface area (Å²) < 4.78 is 0. The van der Waals surface area contributed by atoms with E-state index in [0.717, 1.165) is 38.0 Å². The summed E-state index contributed by atoms with van der Waals surface area (Å²) in [5, 5.41) is 11.0. The van der Waals surface area contributed by atoms with E-state index in [4.69, 9.17) is 5.26 Å². The zero-order valence-electron chi connectivity index (χ0n) is 13.4. The quantitative estimate of drug-likeness (QED) is 0.860. The van der Waals surface area contributed by atoms with Crippen LogP contribution in [0.5, 0.6) is 0 Å². The fourth-order valence-electron chi connectivity index (χ4n) is 3.89. The fourth-order valence-corrected chi connectivity index (χ4v) is 4.78. The third-order valence-corrected chi connectivity index (χ3v) is 6.02. The maximum absolute atomic E-state index is 13.0. The van der Waals surface area contributed by atoms with Gasteiger partial charge in [-0.05, 0) is 61.5 Å². The van der Waals surface area contributed by atoms with Crippen LogP contribution >= 0.6 is 11.3 Å². The topological polar surface area (TPSA) is 47.3 Å². The summed E-state index contributed by atoms with van der Waals surface area (Å²) in [5.74, 6) is 0.197. The predicted molar refractivity (Wildman–Crippen MR) is 94.9 cm³/mol. The molecule has 4 rings (SSSR count). The number of hydrogen-bond acceptors (Lipinski definition) is 4. The van der Waals surface area contributed by atoms with Crippen molar-refractivity contribution in [1.29, 1.82) is 5.26 Å². The van der Waals surface area contributed by atoms with Crippen LogP contribution in [0.15, 0.2) is 41.8 Å². The Balaban J connectivity index is 1.53. The first-order valence-electron chi connectivity index (χ1n) is 8.38. The van der Waals surface area contributed by atoms with Gasteiger partial charge in [-0.1, -0.05) is 6.07 Å². The molecular weight excluding hydrogens is 318 g/mol. The van der Waals surface area contributed by atoms with E-state index in [1.54, 1.807) is 23.5 Å². The van der Waals surface area contributed by atoms with Gasteiger partial charge in [-0.15, -0.1) is 11.3 Å². The van der Waals surface area contributed by atoms with Crippen molar-refractivity contribution in [3.8, 4) is 6.07 Å². The van der Waals surface area contributed by atoms with Crippen LogP contribution in [0.3, 0.4) is 0 Å². The molecule has 2 atom stereocenters. The van der Waals surface area contributed by atoms with Crippen molar-refractivity contribution >= 4 is 22.9 Å². The molecule has 5 heteroatoms. The normalized spacial score (nSPS) is 24.5. The van der Waals surface area contributed by atoms with Gasteiger partial charge in [-0.25, -0.2) is 0 Å². The molecule has 0 radical (unpaired) electrons. The van der Waals surface area contributed by atoms with E-state index >= 15 is 0 Å². The van der Waals surface area contributed by atoms with E-state index in [0.29, 0.717) is 11.6 Å². The van der Waals surface area contributed by atoms with Crippen molar-refractivity contribution in [3.05, 3.63) is 52.2 Å². The smallest absolute Gasteiger partial charge is 0.244 e. The summed E-state index contributed by atoms with van der Waals surface area (Å²) in [6.07, 6.45) is 3.17. The summed E-state index contributed by atoms with van der Waals surface area (Å²) in [6.45, 7) is 1.75. The molecule has 2 aliphatic heterocycles. The van der Waals surface area contributed by atoms with Crippen molar-refractivity contribution in [1.82, 2.24) is 4.90 Å². The van der Waals surface area contributed by atoms with Crippen LogP contribution in [-0.4, -0.2) is 29.9 Å². The average molecular weight is 337 g/mol. The predicted octanol–water partition coefficient (Wildman–Crippen LogP) is 3.56. The Labute approximate surface area is 145 Å². The number of rotatable bonds is 3. The standard InChI is InChI=1S/C19H19N3OS/c20-13-14-5-7-15(8-6-14)21-11-9-17(19(21)23)22-10-1-3-16(22)18-4-2-12-24-18/h2,4-8,12,16-17H,1,3,9-11H2. The molecule has 2 aromatic rings. The first kappa shape index (κ1) is 15.4. The van der Waals surface area contributed by atoms with Crippen molar-refractivity contribution in [2.75, 3.05) is 18.0 Å². The van der Waals surface area contributed by atoms with E-state index < -0.39 is 0 Å². The highest BCUT2D eigenvalue weighted by Gasteiger charge is 2.41. The van der Waals surface area contributed by atoms with Gasteiger partial charge in [0.25, 0.3) is 0 Å². The van der Waals surface area contributed by atoms with Gasteiger partial charge in [0.15, 0.2) is 0 Å². The molecule has 1 aromatic heterocycles. The Kier molecular flexibility index (Phi) is 4.09. The van der Waals surface area contributed by atoms with Crippen LogP contribution in [-0.2, 0) is 4.79 Å². The van der Waals surface area contributed by atoms with Gasteiger partial charge in [0.05, 0.1) is 17.7 Å². The molecule has 1 aromatic carbocycles. The maximum atomic E-state index is 13.0. The van der Waals surface area contributed by atoms with Crippen molar-refractivity contribution in [3.63, 3.8) is 0 Å². The molecule has 122 valence electrons. The van der Waals surface area contributed by atoms with Gasteiger partial charge in [0.1, 0.15) is 0 Å². The first-order chi connectivity index (χ1) is 11.8. The number of anilines is 1. The van der Waals surface area contributed by atoms with Crippen LogP contribution in [0.4, 0.5) is 5.69 Å². The average Bonchev–Trinajstić information content (AvgIpc) is 3.34. The molecule has 2 fully saturated rings. The number of amides is 1. The summed E-state index contributed by atoms with van der Waals surface area (Å²) in [6, 6.07) is 14.1. The Morgan fingerprint density at radius 3 is 2.62 bits per heavy atom. The minimum Gasteiger partial charge on any atom is -0.311 e. The van der Waals surface area contributed by atoms with Crippen LogP contribution in [0, 0.1) is 11.3 Å². The molecule has 0 bridgehead atoms. The molecule has 2 unspecified atom stereocenters. The Morgan fingerprint density at radius 2 is 1.92 bits per heavy atom. The molecule has 4 nitrogen and oxygen atoms in total. The van der Waals surface area contributed by atoms with E-state index in [1.807, 2.05) is 17.0 Å². The molecule has 0 saturated carbocycles. The van der Waals surface area contributed by atoms with E-state index in [-0.39, 0.29) is 11.9 Å². The lowest BCUT2D eigenvalue weighted by molar-refractivity contribution is -0.122.